The van der Waals surface area contributed by atoms with Gasteiger partial charge in [0.2, 0.25) is 0 Å². The molecule has 7 heteroatoms. The number of furan rings is 1. The zero-order valence-corrected chi connectivity index (χ0v) is 15.5. The van der Waals surface area contributed by atoms with Crippen LogP contribution in [0.1, 0.15) is 23.0 Å². The number of carbonyl (C=O) groups is 1. The Morgan fingerprint density at radius 3 is 2.63 bits per heavy atom. The molecule has 3 aromatic rings. The zero-order chi connectivity index (χ0) is 19.0. The number of anilines is 1. The maximum Gasteiger partial charge on any atom is 0.264 e. The van der Waals surface area contributed by atoms with Crippen LogP contribution in [-0.2, 0) is 16.6 Å². The van der Waals surface area contributed by atoms with Crippen LogP contribution in [0.15, 0.2) is 70.2 Å². The average molecular weight is 382 g/mol. The minimum absolute atomic E-state index is 0.247. The van der Waals surface area contributed by atoms with Crippen molar-refractivity contribution in [2.75, 3.05) is 10.8 Å². The summed E-state index contributed by atoms with van der Waals surface area (Å²) in [6.07, 6.45) is 1.55. The lowest BCUT2D eigenvalue weighted by Crippen LogP contribution is -2.34. The summed E-state index contributed by atoms with van der Waals surface area (Å²) in [5.74, 6) is 0.415. The fraction of sp³-hybridized carbons (Fsp3) is 0.150. The van der Waals surface area contributed by atoms with Gasteiger partial charge in [0, 0.05) is 23.2 Å². The Kier molecular flexibility index (Phi) is 4.24. The summed E-state index contributed by atoms with van der Waals surface area (Å²) in [6, 6.07) is 15.5. The number of rotatable bonds is 4. The Balaban J connectivity index is 1.74. The Morgan fingerprint density at radius 1 is 1.07 bits per heavy atom. The normalized spacial score (nSPS) is 14.3. The SMILES string of the molecule is CCN1c2ccc(C(=O)NCc3ccco3)cc2-c2ccccc2S1(=O)=O. The predicted molar refractivity (Wildman–Crippen MR) is 102 cm³/mol. The standard InChI is InChI=1S/C20H18N2O4S/c1-2-22-18-10-9-14(20(23)21-13-15-6-5-11-26-15)12-17(18)16-7-3-4-8-19(16)27(22,24)25/h3-12H,2,13H2,1H3,(H,21,23). The van der Waals surface area contributed by atoms with E-state index in [1.807, 2.05) is 0 Å². The van der Waals surface area contributed by atoms with Crippen LogP contribution in [0.3, 0.4) is 0 Å². The van der Waals surface area contributed by atoms with Gasteiger partial charge in [-0.1, -0.05) is 18.2 Å². The summed E-state index contributed by atoms with van der Waals surface area (Å²) in [5, 5.41) is 2.81. The third-order valence-electron chi connectivity index (χ3n) is 4.56. The van der Waals surface area contributed by atoms with Crippen molar-refractivity contribution in [1.29, 1.82) is 0 Å². The monoisotopic (exact) mass is 382 g/mol. The average Bonchev–Trinajstić information content (AvgIpc) is 3.20. The van der Waals surface area contributed by atoms with E-state index in [1.165, 1.54) is 4.31 Å². The summed E-state index contributed by atoms with van der Waals surface area (Å²) < 4.78 is 32.4. The zero-order valence-electron chi connectivity index (χ0n) is 14.7. The highest BCUT2D eigenvalue weighted by molar-refractivity contribution is 7.93. The van der Waals surface area contributed by atoms with Crippen molar-refractivity contribution in [2.45, 2.75) is 18.4 Å². The lowest BCUT2D eigenvalue weighted by molar-refractivity contribution is 0.0948. The van der Waals surface area contributed by atoms with Crippen molar-refractivity contribution < 1.29 is 17.6 Å². The second kappa shape index (κ2) is 6.59. The molecule has 4 rings (SSSR count). The number of nitrogens with one attached hydrogen (secondary N) is 1. The van der Waals surface area contributed by atoms with Crippen molar-refractivity contribution in [1.82, 2.24) is 5.32 Å². The minimum Gasteiger partial charge on any atom is -0.467 e. The van der Waals surface area contributed by atoms with Gasteiger partial charge in [0.15, 0.2) is 0 Å². The van der Waals surface area contributed by atoms with Crippen molar-refractivity contribution in [3.05, 3.63) is 72.2 Å². The molecule has 1 aromatic heterocycles. The number of fused-ring (bicyclic) bond motifs is 3. The summed E-state index contributed by atoms with van der Waals surface area (Å²) >= 11 is 0. The Hall–Kier alpha value is -3.06. The van der Waals surface area contributed by atoms with E-state index in [2.05, 4.69) is 5.32 Å². The van der Waals surface area contributed by atoms with Crippen LogP contribution in [0.4, 0.5) is 5.69 Å². The van der Waals surface area contributed by atoms with E-state index < -0.39 is 10.0 Å². The molecule has 27 heavy (non-hydrogen) atoms. The predicted octanol–water partition coefficient (Wildman–Crippen LogP) is 3.41. The van der Waals surface area contributed by atoms with E-state index in [0.29, 0.717) is 29.1 Å². The van der Waals surface area contributed by atoms with Crippen LogP contribution >= 0.6 is 0 Å². The summed E-state index contributed by atoms with van der Waals surface area (Å²) in [6.45, 7) is 2.39. The molecule has 0 unspecified atom stereocenters. The summed E-state index contributed by atoms with van der Waals surface area (Å²) in [7, 11) is -3.60. The van der Waals surface area contributed by atoms with Gasteiger partial charge in [0.25, 0.3) is 15.9 Å². The molecule has 0 saturated heterocycles. The molecule has 6 nitrogen and oxygen atoms in total. The highest BCUT2D eigenvalue weighted by Gasteiger charge is 2.34. The molecule has 0 aliphatic carbocycles. The van der Waals surface area contributed by atoms with E-state index in [4.69, 9.17) is 4.42 Å². The number of hydrogen-bond donors (Lipinski definition) is 1. The Labute approximate surface area is 157 Å². The summed E-state index contributed by atoms with van der Waals surface area (Å²) in [5.41, 5.74) is 2.38. The Bertz CT molecular complexity index is 1100. The minimum atomic E-state index is -3.60. The van der Waals surface area contributed by atoms with E-state index >= 15 is 0 Å². The van der Waals surface area contributed by atoms with Gasteiger partial charge < -0.3 is 9.73 Å². The van der Waals surface area contributed by atoms with Crippen molar-refractivity contribution >= 4 is 21.6 Å². The quantitative estimate of drug-likeness (QED) is 0.750. The second-order valence-corrected chi connectivity index (χ2v) is 7.99. The largest absolute Gasteiger partial charge is 0.467 e. The second-order valence-electron chi connectivity index (χ2n) is 6.16. The van der Waals surface area contributed by atoms with E-state index in [0.717, 1.165) is 5.56 Å². The first kappa shape index (κ1) is 17.4. The molecule has 1 aliphatic heterocycles. The van der Waals surface area contributed by atoms with Gasteiger partial charge in [0.05, 0.1) is 23.4 Å². The number of amides is 1. The van der Waals surface area contributed by atoms with Crippen LogP contribution in [0.5, 0.6) is 0 Å². The number of sulfonamides is 1. The number of carbonyl (C=O) groups excluding carboxylic acids is 1. The van der Waals surface area contributed by atoms with Crippen LogP contribution in [0.25, 0.3) is 11.1 Å². The molecule has 0 atom stereocenters. The molecule has 0 bridgehead atoms. The van der Waals surface area contributed by atoms with Gasteiger partial charge in [-0.3, -0.25) is 9.10 Å². The van der Waals surface area contributed by atoms with E-state index in [9.17, 15) is 13.2 Å². The Morgan fingerprint density at radius 2 is 1.89 bits per heavy atom. The molecule has 1 aliphatic rings. The van der Waals surface area contributed by atoms with Gasteiger partial charge in [-0.2, -0.15) is 0 Å². The fourth-order valence-electron chi connectivity index (χ4n) is 3.30. The van der Waals surface area contributed by atoms with Crippen molar-refractivity contribution in [2.24, 2.45) is 0 Å². The van der Waals surface area contributed by atoms with Crippen LogP contribution in [-0.4, -0.2) is 20.9 Å². The molecular weight excluding hydrogens is 364 g/mol. The van der Waals surface area contributed by atoms with Gasteiger partial charge in [0.1, 0.15) is 5.76 Å². The molecule has 1 N–H and O–H groups in total. The maximum absolute atomic E-state index is 12.9. The first-order valence-electron chi connectivity index (χ1n) is 8.59. The molecule has 0 radical (unpaired) electrons. The number of nitrogens with zero attached hydrogens (tertiary/aromatic N) is 1. The topological polar surface area (TPSA) is 79.6 Å². The van der Waals surface area contributed by atoms with Crippen molar-refractivity contribution in [3.8, 4) is 11.1 Å². The first-order valence-corrected chi connectivity index (χ1v) is 10.0. The third-order valence-corrected chi connectivity index (χ3v) is 6.51. The van der Waals surface area contributed by atoms with Crippen molar-refractivity contribution in [3.63, 3.8) is 0 Å². The fourth-order valence-corrected chi connectivity index (χ4v) is 5.00. The molecule has 0 fully saturated rings. The molecule has 0 saturated carbocycles. The molecule has 0 spiro atoms. The van der Waals surface area contributed by atoms with Crippen LogP contribution in [0, 0.1) is 0 Å². The highest BCUT2D eigenvalue weighted by atomic mass is 32.2. The van der Waals surface area contributed by atoms with Gasteiger partial charge >= 0.3 is 0 Å². The lowest BCUT2D eigenvalue weighted by Gasteiger charge is -2.31. The van der Waals surface area contributed by atoms with Gasteiger partial charge in [-0.25, -0.2) is 8.42 Å². The van der Waals surface area contributed by atoms with Crippen LogP contribution < -0.4 is 9.62 Å². The molecule has 2 aromatic carbocycles. The van der Waals surface area contributed by atoms with Gasteiger partial charge in [-0.05, 0) is 43.3 Å². The molecular formula is C20H18N2O4S. The highest BCUT2D eigenvalue weighted by Crippen LogP contribution is 2.43. The summed E-state index contributed by atoms with van der Waals surface area (Å²) in [4.78, 5) is 12.8. The third kappa shape index (κ3) is 2.90. The maximum atomic E-state index is 12.9. The van der Waals surface area contributed by atoms with E-state index in [1.54, 1.807) is 67.8 Å². The van der Waals surface area contributed by atoms with Crippen LogP contribution in [0.2, 0.25) is 0 Å². The number of benzene rings is 2. The molecule has 138 valence electrons. The smallest absolute Gasteiger partial charge is 0.264 e. The van der Waals surface area contributed by atoms with E-state index in [-0.39, 0.29) is 17.3 Å². The number of hydrogen-bond acceptors (Lipinski definition) is 4. The van der Waals surface area contributed by atoms with Gasteiger partial charge in [-0.15, -0.1) is 0 Å². The molecule has 1 amide bonds. The lowest BCUT2D eigenvalue weighted by atomic mass is 10.00. The first-order chi connectivity index (χ1) is 13.0. The molecule has 2 heterocycles.